The lowest BCUT2D eigenvalue weighted by Gasteiger charge is -2.08. The first-order valence-corrected chi connectivity index (χ1v) is 8.14. The number of carbonyl (C=O) groups excluding carboxylic acids is 1. The van der Waals surface area contributed by atoms with Gasteiger partial charge in [-0.15, -0.1) is 0 Å². The van der Waals surface area contributed by atoms with Crippen LogP contribution in [0.2, 0.25) is 0 Å². The number of nitro groups is 1. The Balaban J connectivity index is 2.93. The van der Waals surface area contributed by atoms with Gasteiger partial charge in [0.25, 0.3) is 5.69 Å². The van der Waals surface area contributed by atoms with Gasteiger partial charge in [0.1, 0.15) is 5.69 Å². The van der Waals surface area contributed by atoms with Crippen molar-refractivity contribution in [3.63, 3.8) is 0 Å². The monoisotopic (exact) mass is 315 g/mol. The molecule has 0 saturated carbocycles. The van der Waals surface area contributed by atoms with Crippen molar-refractivity contribution in [2.75, 3.05) is 24.7 Å². The molecule has 9 heteroatoms. The predicted octanol–water partition coefficient (Wildman–Crippen LogP) is 0.936. The molecule has 0 aromatic heterocycles. The van der Waals surface area contributed by atoms with Crippen molar-refractivity contribution in [3.05, 3.63) is 28.3 Å². The first-order chi connectivity index (χ1) is 9.75. The molecular weight excluding hydrogens is 298 g/mol. The normalized spacial score (nSPS) is 11.0. The minimum atomic E-state index is -3.53. The molecule has 0 radical (unpaired) electrons. The number of hydrogen-bond donors (Lipinski definition) is 2. The summed E-state index contributed by atoms with van der Waals surface area (Å²) in [7, 11) is -3.53. The molecule has 2 N–H and O–H groups in total. The number of rotatable bonds is 7. The van der Waals surface area contributed by atoms with Gasteiger partial charge in [0.05, 0.1) is 16.4 Å². The molecule has 1 amide bonds. The van der Waals surface area contributed by atoms with Crippen LogP contribution in [0.1, 0.15) is 13.3 Å². The predicted molar refractivity (Wildman–Crippen MR) is 78.0 cm³/mol. The molecule has 1 aromatic carbocycles. The summed E-state index contributed by atoms with van der Waals surface area (Å²) in [6.45, 7) is 2.30. The van der Waals surface area contributed by atoms with E-state index >= 15 is 0 Å². The molecule has 0 spiro atoms. The van der Waals surface area contributed by atoms with Gasteiger partial charge in [0, 0.05) is 18.9 Å². The van der Waals surface area contributed by atoms with Gasteiger partial charge in [0.2, 0.25) is 5.91 Å². The van der Waals surface area contributed by atoms with Gasteiger partial charge >= 0.3 is 0 Å². The van der Waals surface area contributed by atoms with Crippen LogP contribution in [0.3, 0.4) is 0 Å². The van der Waals surface area contributed by atoms with Crippen LogP contribution in [0.4, 0.5) is 11.4 Å². The molecule has 0 aliphatic rings. The number of benzene rings is 1. The lowest BCUT2D eigenvalue weighted by molar-refractivity contribution is -0.384. The van der Waals surface area contributed by atoms with E-state index in [1.165, 1.54) is 12.1 Å². The summed E-state index contributed by atoms with van der Waals surface area (Å²) in [6.07, 6.45) is 1.76. The number of anilines is 1. The van der Waals surface area contributed by atoms with Crippen molar-refractivity contribution in [3.8, 4) is 0 Å². The smallest absolute Gasteiger partial charge is 0.293 e. The quantitative estimate of drug-likeness (QED) is 0.571. The summed E-state index contributed by atoms with van der Waals surface area (Å²) in [6, 6.07) is 3.51. The fraction of sp³-hybridized carbons (Fsp3) is 0.417. The van der Waals surface area contributed by atoms with Crippen molar-refractivity contribution in [2.24, 2.45) is 0 Å². The zero-order valence-corrected chi connectivity index (χ0v) is 12.6. The first-order valence-electron chi connectivity index (χ1n) is 6.24. The SMILES string of the molecule is CCCNC(=O)CNc1ccc(S(C)(=O)=O)cc1[N+](=O)[O-]. The van der Waals surface area contributed by atoms with E-state index in [1.807, 2.05) is 6.92 Å². The van der Waals surface area contributed by atoms with Gasteiger partial charge in [-0.05, 0) is 18.6 Å². The second-order valence-corrected chi connectivity index (χ2v) is 6.43. The maximum absolute atomic E-state index is 11.4. The number of sulfone groups is 1. The zero-order chi connectivity index (χ0) is 16.0. The third-order valence-corrected chi connectivity index (χ3v) is 3.72. The fourth-order valence-electron chi connectivity index (χ4n) is 1.55. The second kappa shape index (κ2) is 7.02. The van der Waals surface area contributed by atoms with Crippen molar-refractivity contribution in [1.29, 1.82) is 0 Å². The van der Waals surface area contributed by atoms with Crippen LogP contribution in [0.15, 0.2) is 23.1 Å². The number of amides is 1. The van der Waals surface area contributed by atoms with Gasteiger partial charge in [-0.25, -0.2) is 8.42 Å². The minimum Gasteiger partial charge on any atom is -0.371 e. The van der Waals surface area contributed by atoms with Gasteiger partial charge in [0.15, 0.2) is 9.84 Å². The highest BCUT2D eigenvalue weighted by Crippen LogP contribution is 2.27. The number of nitro benzene ring substituents is 1. The Morgan fingerprint density at radius 3 is 2.57 bits per heavy atom. The summed E-state index contributed by atoms with van der Waals surface area (Å²) >= 11 is 0. The van der Waals surface area contributed by atoms with Gasteiger partial charge in [-0.2, -0.15) is 0 Å². The van der Waals surface area contributed by atoms with Crippen molar-refractivity contribution in [1.82, 2.24) is 5.32 Å². The van der Waals surface area contributed by atoms with Crippen LogP contribution < -0.4 is 10.6 Å². The first kappa shape index (κ1) is 16.9. The lowest BCUT2D eigenvalue weighted by Crippen LogP contribution is -2.30. The minimum absolute atomic E-state index is 0.0963. The van der Waals surface area contributed by atoms with Crippen LogP contribution in [-0.2, 0) is 14.6 Å². The molecule has 0 fully saturated rings. The molecule has 0 saturated heterocycles. The highest BCUT2D eigenvalue weighted by molar-refractivity contribution is 7.90. The standard InChI is InChI=1S/C12H17N3O5S/c1-3-6-13-12(16)8-14-10-5-4-9(21(2,19)20)7-11(10)15(17)18/h4-5,7,14H,3,6,8H2,1-2H3,(H,13,16). The van der Waals surface area contributed by atoms with Crippen molar-refractivity contribution >= 4 is 27.1 Å². The largest absolute Gasteiger partial charge is 0.371 e. The third-order valence-electron chi connectivity index (χ3n) is 2.61. The third kappa shape index (κ3) is 5.03. The van der Waals surface area contributed by atoms with Crippen LogP contribution in [0.5, 0.6) is 0 Å². The van der Waals surface area contributed by atoms with Crippen molar-refractivity contribution < 1.29 is 18.1 Å². The van der Waals surface area contributed by atoms with E-state index in [2.05, 4.69) is 10.6 Å². The zero-order valence-electron chi connectivity index (χ0n) is 11.8. The Bertz CT molecular complexity index is 642. The highest BCUT2D eigenvalue weighted by atomic mass is 32.2. The lowest BCUT2D eigenvalue weighted by atomic mass is 10.2. The summed E-state index contributed by atoms with van der Waals surface area (Å²) < 4.78 is 22.8. The molecule has 0 aliphatic heterocycles. The molecule has 8 nitrogen and oxygen atoms in total. The van der Waals surface area contributed by atoms with Gasteiger partial charge < -0.3 is 10.6 Å². The number of hydrogen-bond acceptors (Lipinski definition) is 6. The van der Waals surface area contributed by atoms with Crippen LogP contribution in [-0.4, -0.2) is 38.6 Å². The number of carbonyl (C=O) groups is 1. The summed E-state index contributed by atoms with van der Waals surface area (Å²) in [5.41, 5.74) is -0.291. The number of nitrogens with one attached hydrogen (secondary N) is 2. The van der Waals surface area contributed by atoms with Crippen molar-refractivity contribution in [2.45, 2.75) is 18.2 Å². The molecule has 21 heavy (non-hydrogen) atoms. The molecule has 116 valence electrons. The molecule has 1 aromatic rings. The Kier molecular flexibility index (Phi) is 5.65. The van der Waals surface area contributed by atoms with Crippen LogP contribution in [0.25, 0.3) is 0 Å². The molecule has 1 rings (SSSR count). The van der Waals surface area contributed by atoms with E-state index in [1.54, 1.807) is 0 Å². The Hall–Kier alpha value is -2.16. The van der Waals surface area contributed by atoms with E-state index in [9.17, 15) is 23.3 Å². The molecule has 0 aliphatic carbocycles. The van der Waals surface area contributed by atoms with Gasteiger partial charge in [-0.3, -0.25) is 14.9 Å². The maximum Gasteiger partial charge on any atom is 0.293 e. The summed E-state index contributed by atoms with van der Waals surface area (Å²) in [4.78, 5) is 21.6. The molecular formula is C12H17N3O5S. The molecule has 0 heterocycles. The Labute approximate surface area is 122 Å². The molecule has 0 atom stereocenters. The number of nitrogens with zero attached hydrogens (tertiary/aromatic N) is 1. The highest BCUT2D eigenvalue weighted by Gasteiger charge is 2.18. The van der Waals surface area contributed by atoms with E-state index in [-0.39, 0.29) is 28.7 Å². The average molecular weight is 315 g/mol. The molecule has 0 bridgehead atoms. The van der Waals surface area contributed by atoms with Gasteiger partial charge in [-0.1, -0.05) is 6.92 Å². The Morgan fingerprint density at radius 1 is 1.38 bits per heavy atom. The second-order valence-electron chi connectivity index (χ2n) is 4.41. The fourth-order valence-corrected chi connectivity index (χ4v) is 2.19. The van der Waals surface area contributed by atoms with E-state index < -0.39 is 14.8 Å². The summed E-state index contributed by atoms with van der Waals surface area (Å²) in [5.74, 6) is -0.293. The maximum atomic E-state index is 11.4. The molecule has 0 unspecified atom stereocenters. The topological polar surface area (TPSA) is 118 Å². The van der Waals surface area contributed by atoms with E-state index in [0.717, 1.165) is 18.7 Å². The Morgan fingerprint density at radius 2 is 2.05 bits per heavy atom. The average Bonchev–Trinajstić information content (AvgIpc) is 2.41. The van der Waals surface area contributed by atoms with Crippen LogP contribution in [0, 0.1) is 10.1 Å². The van der Waals surface area contributed by atoms with E-state index in [0.29, 0.717) is 6.54 Å². The van der Waals surface area contributed by atoms with Crippen LogP contribution >= 0.6 is 0 Å². The summed E-state index contributed by atoms with van der Waals surface area (Å²) in [5, 5.41) is 16.2. The van der Waals surface area contributed by atoms with E-state index in [4.69, 9.17) is 0 Å².